The lowest BCUT2D eigenvalue weighted by Gasteiger charge is -2.54. The van der Waals surface area contributed by atoms with Crippen LogP contribution >= 0.6 is 0 Å². The molecule has 0 unspecified atom stereocenters. The maximum Gasteiger partial charge on any atom is 0.261 e. The lowest BCUT2D eigenvalue weighted by atomic mass is 9.51. The summed E-state index contributed by atoms with van der Waals surface area (Å²) in [4.78, 5) is 52.9. The number of hydrogen-bond acceptors (Lipinski definition) is 4. The van der Waals surface area contributed by atoms with Crippen molar-refractivity contribution in [1.82, 2.24) is 9.80 Å². The summed E-state index contributed by atoms with van der Waals surface area (Å²) in [6, 6.07) is 11.7. The average molecular weight is 485 g/mol. The molecule has 2 aromatic rings. The number of nitrogens with zero attached hydrogens (tertiary/aromatic N) is 2. The minimum atomic E-state index is -0.178. The number of amides is 4. The molecule has 0 spiro atoms. The molecule has 6 nitrogen and oxygen atoms in total. The minimum absolute atomic E-state index is 0.167. The van der Waals surface area contributed by atoms with Crippen molar-refractivity contribution in [3.63, 3.8) is 0 Å². The Bertz CT molecular complexity index is 1200. The molecular weight excluding hydrogens is 452 g/mol. The summed E-state index contributed by atoms with van der Waals surface area (Å²) < 4.78 is 0. The first kappa shape index (κ1) is 23.1. The average Bonchev–Trinajstić information content (AvgIpc) is 3.27. The van der Waals surface area contributed by atoms with Crippen molar-refractivity contribution in [2.24, 2.45) is 10.8 Å². The van der Waals surface area contributed by atoms with Gasteiger partial charge in [0.05, 0.1) is 22.3 Å². The number of imide groups is 2. The Morgan fingerprint density at radius 1 is 0.556 bits per heavy atom. The third-order valence-corrected chi connectivity index (χ3v) is 9.42. The van der Waals surface area contributed by atoms with Crippen LogP contribution in [-0.4, -0.2) is 46.5 Å². The van der Waals surface area contributed by atoms with Crippen LogP contribution in [0.25, 0.3) is 0 Å². The van der Waals surface area contributed by atoms with Crippen molar-refractivity contribution in [3.8, 4) is 0 Å². The van der Waals surface area contributed by atoms with Gasteiger partial charge in [0.2, 0.25) is 0 Å². The van der Waals surface area contributed by atoms with Crippen LogP contribution in [-0.2, 0) is 12.8 Å². The lowest BCUT2D eigenvalue weighted by Crippen LogP contribution is -2.43. The largest absolute Gasteiger partial charge is 0.275 e. The molecule has 7 rings (SSSR count). The van der Waals surface area contributed by atoms with Crippen molar-refractivity contribution >= 4 is 23.6 Å². The van der Waals surface area contributed by atoms with Crippen molar-refractivity contribution in [3.05, 3.63) is 69.8 Å². The molecule has 0 radical (unpaired) electrons. The molecule has 0 saturated heterocycles. The van der Waals surface area contributed by atoms with Gasteiger partial charge in [-0.2, -0.15) is 0 Å². The molecule has 2 aliphatic heterocycles. The van der Waals surface area contributed by atoms with Gasteiger partial charge in [-0.05, 0) is 111 Å². The minimum Gasteiger partial charge on any atom is -0.275 e. The van der Waals surface area contributed by atoms with E-state index >= 15 is 0 Å². The van der Waals surface area contributed by atoms with E-state index in [1.54, 1.807) is 0 Å². The predicted octanol–water partition coefficient (Wildman–Crippen LogP) is 5.04. The molecule has 3 aliphatic carbocycles. The van der Waals surface area contributed by atoms with Gasteiger partial charge in [-0.15, -0.1) is 0 Å². The van der Waals surface area contributed by atoms with Gasteiger partial charge in [0.25, 0.3) is 23.6 Å². The number of hydrogen-bond donors (Lipinski definition) is 0. The molecule has 3 fully saturated rings. The fourth-order valence-electron chi connectivity index (χ4n) is 7.21. The van der Waals surface area contributed by atoms with Crippen molar-refractivity contribution in [1.29, 1.82) is 0 Å². The predicted molar refractivity (Wildman–Crippen MR) is 135 cm³/mol. The van der Waals surface area contributed by atoms with Gasteiger partial charge >= 0.3 is 0 Å². The highest BCUT2D eigenvalue weighted by Gasteiger charge is 2.48. The molecule has 3 saturated carbocycles. The molecule has 0 N–H and O–H groups in total. The highest BCUT2D eigenvalue weighted by Crippen LogP contribution is 2.59. The van der Waals surface area contributed by atoms with Crippen LogP contribution < -0.4 is 0 Å². The number of benzene rings is 2. The monoisotopic (exact) mass is 484 g/mol. The zero-order valence-corrected chi connectivity index (χ0v) is 21.1. The second kappa shape index (κ2) is 8.12. The highest BCUT2D eigenvalue weighted by atomic mass is 16.2. The van der Waals surface area contributed by atoms with Gasteiger partial charge in [-0.25, -0.2) is 0 Å². The van der Waals surface area contributed by atoms with Gasteiger partial charge in [0, 0.05) is 13.1 Å². The van der Waals surface area contributed by atoms with Crippen LogP contribution in [0.4, 0.5) is 0 Å². The second-order valence-corrected chi connectivity index (χ2v) is 11.3. The lowest BCUT2D eigenvalue weighted by molar-refractivity contribution is -0.00838. The number of fused-ring (bicyclic) bond motifs is 5. The fraction of sp³-hybridized carbons (Fsp3) is 0.467. The van der Waals surface area contributed by atoms with Crippen LogP contribution in [0.1, 0.15) is 105 Å². The summed E-state index contributed by atoms with van der Waals surface area (Å²) >= 11 is 0. The summed E-state index contributed by atoms with van der Waals surface area (Å²) in [5.74, 6) is -0.691. The quantitative estimate of drug-likeness (QED) is 0.538. The number of rotatable bonds is 6. The van der Waals surface area contributed by atoms with E-state index in [1.807, 2.05) is 50.2 Å². The molecule has 186 valence electrons. The summed E-state index contributed by atoms with van der Waals surface area (Å²) in [7, 11) is 0. The summed E-state index contributed by atoms with van der Waals surface area (Å²) in [5, 5.41) is 0. The summed E-state index contributed by atoms with van der Waals surface area (Å²) in [6.45, 7) is 4.47. The Morgan fingerprint density at radius 2 is 0.889 bits per heavy atom. The van der Waals surface area contributed by atoms with E-state index in [2.05, 4.69) is 0 Å². The molecule has 5 aliphatic rings. The van der Waals surface area contributed by atoms with Crippen molar-refractivity contribution < 1.29 is 19.2 Å². The van der Waals surface area contributed by atoms with Gasteiger partial charge in [-0.3, -0.25) is 29.0 Å². The molecular formula is C30H32N2O4. The third-order valence-electron chi connectivity index (χ3n) is 9.42. The Labute approximate surface area is 211 Å². The van der Waals surface area contributed by atoms with E-state index in [9.17, 15) is 19.2 Å². The van der Waals surface area contributed by atoms with Crippen LogP contribution in [0, 0.1) is 10.8 Å². The smallest absolute Gasteiger partial charge is 0.261 e. The topological polar surface area (TPSA) is 74.8 Å². The first-order chi connectivity index (χ1) is 17.3. The zero-order valence-electron chi connectivity index (χ0n) is 21.1. The van der Waals surface area contributed by atoms with E-state index in [1.165, 1.54) is 9.80 Å². The van der Waals surface area contributed by atoms with Gasteiger partial charge in [-0.1, -0.05) is 12.1 Å². The number of carbonyl (C=O) groups is 4. The SMILES string of the molecule is CCN1C(=O)c2ccc(CC34CCC(Cc5ccc6c(c5)C(=O)N(CC)C6=O)(CC3)CC4)cc2C1=O. The van der Waals surface area contributed by atoms with Crippen LogP contribution in [0.3, 0.4) is 0 Å². The second-order valence-electron chi connectivity index (χ2n) is 11.3. The van der Waals surface area contributed by atoms with Crippen LogP contribution in [0.2, 0.25) is 0 Å². The Kier molecular flexibility index (Phi) is 5.22. The first-order valence-electron chi connectivity index (χ1n) is 13.3. The normalized spacial score (nSPS) is 26.7. The van der Waals surface area contributed by atoms with Crippen LogP contribution in [0.15, 0.2) is 36.4 Å². The summed E-state index contributed by atoms with van der Waals surface area (Å²) in [5.41, 5.74) is 5.01. The Balaban J connectivity index is 1.16. The molecule has 36 heavy (non-hydrogen) atoms. The van der Waals surface area contributed by atoms with Gasteiger partial charge in [0.15, 0.2) is 0 Å². The molecule has 2 aromatic carbocycles. The van der Waals surface area contributed by atoms with E-state index in [-0.39, 0.29) is 34.5 Å². The maximum atomic E-state index is 12.7. The molecule has 6 heteroatoms. The number of carbonyl (C=O) groups excluding carboxylic acids is 4. The first-order valence-corrected chi connectivity index (χ1v) is 13.3. The van der Waals surface area contributed by atoms with E-state index in [0.29, 0.717) is 35.3 Å². The fourth-order valence-corrected chi connectivity index (χ4v) is 7.21. The van der Waals surface area contributed by atoms with Crippen molar-refractivity contribution in [2.75, 3.05) is 13.1 Å². The van der Waals surface area contributed by atoms with E-state index in [4.69, 9.17) is 0 Å². The Hall–Kier alpha value is -3.28. The van der Waals surface area contributed by atoms with Crippen LogP contribution in [0.5, 0.6) is 0 Å². The molecule has 0 aromatic heterocycles. The molecule has 0 atom stereocenters. The van der Waals surface area contributed by atoms with Gasteiger partial charge in [0.1, 0.15) is 0 Å². The standard InChI is InChI=1S/C30H32N2O4/c1-3-31-25(33)21-7-5-19(15-23(21)27(31)35)17-29-9-12-30(13-10-29,14-11-29)18-20-6-8-22-24(16-20)28(36)32(4-2)26(22)34/h5-8,15-16H,3-4,9-14,17-18H2,1-2H3. The zero-order chi connectivity index (χ0) is 25.2. The highest BCUT2D eigenvalue weighted by molar-refractivity contribution is 6.22. The summed E-state index contributed by atoms with van der Waals surface area (Å²) in [6.07, 6.45) is 8.84. The Morgan fingerprint density at radius 3 is 1.22 bits per heavy atom. The van der Waals surface area contributed by atoms with Gasteiger partial charge < -0.3 is 0 Å². The molecule has 2 bridgehead atoms. The maximum absolute atomic E-state index is 12.7. The third kappa shape index (κ3) is 3.37. The molecule has 2 heterocycles. The van der Waals surface area contributed by atoms with E-state index in [0.717, 1.165) is 62.5 Å². The molecule has 4 amide bonds. The van der Waals surface area contributed by atoms with E-state index < -0.39 is 0 Å². The van der Waals surface area contributed by atoms with Crippen molar-refractivity contribution in [2.45, 2.75) is 65.2 Å².